The topological polar surface area (TPSA) is 37.3 Å². The molecule has 8 unspecified atom stereocenters. The SMILES string of the molecule is CC1(C)CCC2(C=O)CC[C@]3(C)C(CCC4C5(C)CCC(O)C(C)(C)C5CCC43C)C2C1. The van der Waals surface area contributed by atoms with Crippen LogP contribution in [0.1, 0.15) is 119 Å². The molecule has 0 aliphatic heterocycles. The molecule has 5 saturated carbocycles. The highest BCUT2D eigenvalue weighted by molar-refractivity contribution is 5.61. The molecule has 1 N–H and O–H groups in total. The van der Waals surface area contributed by atoms with E-state index in [9.17, 15) is 9.90 Å². The third kappa shape index (κ3) is 2.77. The van der Waals surface area contributed by atoms with E-state index in [4.69, 9.17) is 0 Å². The number of hydrogen-bond donors (Lipinski definition) is 1. The van der Waals surface area contributed by atoms with Gasteiger partial charge in [-0.3, -0.25) is 0 Å². The second-order valence-electron chi connectivity index (χ2n) is 15.4. The monoisotopic (exact) mass is 442 g/mol. The Morgan fingerprint density at radius 1 is 0.688 bits per heavy atom. The molecule has 0 aromatic carbocycles. The van der Waals surface area contributed by atoms with E-state index in [0.717, 1.165) is 25.2 Å². The van der Waals surface area contributed by atoms with Gasteiger partial charge in [0.25, 0.3) is 0 Å². The van der Waals surface area contributed by atoms with Gasteiger partial charge in [0.1, 0.15) is 6.29 Å². The van der Waals surface area contributed by atoms with Gasteiger partial charge in [-0.15, -0.1) is 0 Å². The molecule has 5 fully saturated rings. The third-order valence-corrected chi connectivity index (χ3v) is 13.5. The molecule has 0 aromatic heterocycles. The summed E-state index contributed by atoms with van der Waals surface area (Å²) < 4.78 is 0. The number of hydrogen-bond acceptors (Lipinski definition) is 2. The first kappa shape index (κ1) is 23.4. The Morgan fingerprint density at radius 3 is 2.06 bits per heavy atom. The largest absolute Gasteiger partial charge is 0.393 e. The minimum absolute atomic E-state index is 0.0265. The average Bonchev–Trinajstić information content (AvgIpc) is 2.71. The number of fused-ring (bicyclic) bond motifs is 7. The fourth-order valence-electron chi connectivity index (χ4n) is 11.3. The average molecular weight is 443 g/mol. The molecular formula is C30H50O2. The standard InChI is InChI=1S/C30H50O2/c1-25(2)14-16-30(19-31)17-15-28(6)20(21(30)18-25)8-9-23-27(5)12-11-24(32)26(3,4)22(27)10-13-29(23,28)7/h19-24,32H,8-18H2,1-7H3/t20?,21?,22?,23?,24?,27?,28-,29?,30?/m1/s1. The highest BCUT2D eigenvalue weighted by Crippen LogP contribution is 2.76. The highest BCUT2D eigenvalue weighted by Gasteiger charge is 2.70. The van der Waals surface area contributed by atoms with Gasteiger partial charge in [-0.1, -0.05) is 48.5 Å². The van der Waals surface area contributed by atoms with Crippen molar-refractivity contribution < 1.29 is 9.90 Å². The van der Waals surface area contributed by atoms with Gasteiger partial charge in [-0.2, -0.15) is 0 Å². The predicted molar refractivity (Wildman–Crippen MR) is 131 cm³/mol. The predicted octanol–water partition coefficient (Wildman–Crippen LogP) is 7.43. The van der Waals surface area contributed by atoms with Crippen LogP contribution in [0.3, 0.4) is 0 Å². The number of rotatable bonds is 1. The lowest BCUT2D eigenvalue weighted by atomic mass is 9.31. The van der Waals surface area contributed by atoms with Crippen LogP contribution in [0.4, 0.5) is 0 Å². The molecule has 2 nitrogen and oxygen atoms in total. The number of carbonyl (C=O) groups is 1. The summed E-state index contributed by atoms with van der Waals surface area (Å²) in [6.45, 7) is 17.5. The maximum absolute atomic E-state index is 12.6. The van der Waals surface area contributed by atoms with E-state index in [2.05, 4.69) is 48.5 Å². The number of aliphatic hydroxyl groups is 1. The molecule has 5 aliphatic rings. The van der Waals surface area contributed by atoms with E-state index in [1.807, 2.05) is 0 Å². The van der Waals surface area contributed by atoms with E-state index < -0.39 is 0 Å². The number of carbonyl (C=O) groups excluding carboxylic acids is 1. The summed E-state index contributed by atoms with van der Waals surface area (Å²) in [5.41, 5.74) is 1.40. The van der Waals surface area contributed by atoms with E-state index >= 15 is 0 Å². The van der Waals surface area contributed by atoms with Crippen LogP contribution in [0.5, 0.6) is 0 Å². The fourth-order valence-corrected chi connectivity index (χ4v) is 11.3. The van der Waals surface area contributed by atoms with Crippen molar-refractivity contribution in [1.29, 1.82) is 0 Å². The summed E-state index contributed by atoms with van der Waals surface area (Å²) in [5, 5.41) is 10.9. The van der Waals surface area contributed by atoms with Crippen molar-refractivity contribution in [2.24, 2.45) is 56.2 Å². The van der Waals surface area contributed by atoms with Crippen LogP contribution in [0.2, 0.25) is 0 Å². The smallest absolute Gasteiger partial charge is 0.126 e. The molecule has 9 atom stereocenters. The second kappa shape index (κ2) is 6.86. The molecule has 0 aromatic rings. The first-order valence-corrected chi connectivity index (χ1v) is 13.9. The minimum Gasteiger partial charge on any atom is -0.393 e. The van der Waals surface area contributed by atoms with Crippen molar-refractivity contribution in [1.82, 2.24) is 0 Å². The zero-order valence-corrected chi connectivity index (χ0v) is 22.1. The summed E-state index contributed by atoms with van der Waals surface area (Å²) in [6, 6.07) is 0. The summed E-state index contributed by atoms with van der Waals surface area (Å²) in [4.78, 5) is 12.6. The van der Waals surface area contributed by atoms with Gasteiger partial charge in [-0.25, -0.2) is 0 Å². The summed E-state index contributed by atoms with van der Waals surface area (Å²) in [6.07, 6.45) is 14.6. The van der Waals surface area contributed by atoms with Crippen LogP contribution in [-0.2, 0) is 4.79 Å². The van der Waals surface area contributed by atoms with Gasteiger partial charge in [0.15, 0.2) is 0 Å². The van der Waals surface area contributed by atoms with Gasteiger partial charge in [0.05, 0.1) is 6.10 Å². The Balaban J connectivity index is 1.53. The van der Waals surface area contributed by atoms with Crippen LogP contribution in [0.15, 0.2) is 0 Å². The molecule has 0 bridgehead atoms. The quantitative estimate of drug-likeness (QED) is 0.429. The molecule has 0 amide bonds. The van der Waals surface area contributed by atoms with Crippen molar-refractivity contribution in [2.45, 2.75) is 125 Å². The lowest BCUT2D eigenvalue weighted by molar-refractivity contribution is -0.251. The minimum atomic E-state index is -0.149. The van der Waals surface area contributed by atoms with Gasteiger partial charge in [0, 0.05) is 5.41 Å². The molecule has 0 saturated heterocycles. The van der Waals surface area contributed by atoms with Crippen LogP contribution in [0.25, 0.3) is 0 Å². The first-order valence-electron chi connectivity index (χ1n) is 13.9. The fraction of sp³-hybridized carbons (Fsp3) is 0.967. The van der Waals surface area contributed by atoms with Crippen molar-refractivity contribution in [3.05, 3.63) is 0 Å². The van der Waals surface area contributed by atoms with Crippen LogP contribution in [0, 0.1) is 56.2 Å². The summed E-state index contributed by atoms with van der Waals surface area (Å²) in [7, 11) is 0. The first-order chi connectivity index (χ1) is 14.8. The summed E-state index contributed by atoms with van der Waals surface area (Å²) >= 11 is 0. The Morgan fingerprint density at radius 2 is 1.38 bits per heavy atom. The van der Waals surface area contributed by atoms with Crippen molar-refractivity contribution in [3.63, 3.8) is 0 Å². The van der Waals surface area contributed by atoms with E-state index in [1.54, 1.807) is 0 Å². The molecule has 5 aliphatic carbocycles. The highest BCUT2D eigenvalue weighted by atomic mass is 16.3. The normalized spacial score (nSPS) is 56.2. The molecule has 32 heavy (non-hydrogen) atoms. The van der Waals surface area contributed by atoms with E-state index in [0.29, 0.717) is 39.4 Å². The van der Waals surface area contributed by atoms with Gasteiger partial charge >= 0.3 is 0 Å². The Hall–Kier alpha value is -0.370. The number of aldehydes is 1. The van der Waals surface area contributed by atoms with Crippen molar-refractivity contribution in [2.75, 3.05) is 0 Å². The molecule has 0 radical (unpaired) electrons. The van der Waals surface area contributed by atoms with Crippen molar-refractivity contribution in [3.8, 4) is 0 Å². The lowest BCUT2D eigenvalue weighted by Gasteiger charge is -2.73. The van der Waals surface area contributed by atoms with Crippen LogP contribution >= 0.6 is 0 Å². The van der Waals surface area contributed by atoms with E-state index in [-0.39, 0.29) is 16.9 Å². The van der Waals surface area contributed by atoms with Crippen LogP contribution < -0.4 is 0 Å². The molecular weight excluding hydrogens is 392 g/mol. The maximum atomic E-state index is 12.6. The van der Waals surface area contributed by atoms with Crippen molar-refractivity contribution >= 4 is 6.29 Å². The van der Waals surface area contributed by atoms with Gasteiger partial charge < -0.3 is 9.90 Å². The second-order valence-corrected chi connectivity index (χ2v) is 15.4. The molecule has 2 heteroatoms. The number of aliphatic hydroxyl groups excluding tert-OH is 1. The Bertz CT molecular complexity index is 784. The van der Waals surface area contributed by atoms with Gasteiger partial charge in [-0.05, 0) is 121 Å². The van der Waals surface area contributed by atoms with Gasteiger partial charge in [0.2, 0.25) is 0 Å². The van der Waals surface area contributed by atoms with E-state index in [1.165, 1.54) is 57.7 Å². The zero-order valence-electron chi connectivity index (χ0n) is 22.1. The summed E-state index contributed by atoms with van der Waals surface area (Å²) in [5.74, 6) is 2.66. The lowest BCUT2D eigenvalue weighted by Crippen LogP contribution is -2.67. The molecule has 5 rings (SSSR count). The molecule has 182 valence electrons. The molecule has 0 spiro atoms. The zero-order chi connectivity index (χ0) is 23.4. The van der Waals surface area contributed by atoms with Crippen LogP contribution in [-0.4, -0.2) is 17.5 Å². The Labute approximate surface area is 197 Å². The third-order valence-electron chi connectivity index (χ3n) is 13.5. The molecule has 0 heterocycles. The Kier molecular flexibility index (Phi) is 5.01. The maximum Gasteiger partial charge on any atom is 0.126 e.